The number of hydrogen-bond acceptors (Lipinski definition) is 5. The monoisotopic (exact) mass is 457 g/mol. The number of nitrogens with zero attached hydrogens (tertiary/aromatic N) is 4. The third kappa shape index (κ3) is 5.22. The molecule has 1 atom stereocenters. The number of carbonyl (C=O) groups is 1. The number of piperidine rings is 1. The van der Waals surface area contributed by atoms with Crippen LogP contribution in [0.5, 0.6) is 0 Å². The Morgan fingerprint density at radius 2 is 1.82 bits per heavy atom. The van der Waals surface area contributed by atoms with Crippen molar-refractivity contribution in [2.75, 3.05) is 31.1 Å². The van der Waals surface area contributed by atoms with Gasteiger partial charge in [-0.25, -0.2) is 9.97 Å². The van der Waals surface area contributed by atoms with Crippen molar-refractivity contribution in [3.8, 4) is 0 Å². The zero-order valence-corrected chi connectivity index (χ0v) is 20.3. The van der Waals surface area contributed by atoms with E-state index in [-0.39, 0.29) is 11.9 Å². The molecule has 2 aromatic carbocycles. The molecule has 0 spiro atoms. The molecule has 0 saturated carbocycles. The lowest BCUT2D eigenvalue weighted by Crippen LogP contribution is -2.45. The largest absolute Gasteiger partial charge is 0.371 e. The Kier molecular flexibility index (Phi) is 6.77. The zero-order valence-electron chi connectivity index (χ0n) is 20.3. The van der Waals surface area contributed by atoms with Crippen molar-refractivity contribution in [2.24, 2.45) is 0 Å². The molecule has 2 saturated heterocycles. The molecule has 6 heteroatoms. The molecule has 2 aliphatic heterocycles. The van der Waals surface area contributed by atoms with Crippen molar-refractivity contribution in [1.82, 2.24) is 20.2 Å². The Balaban J connectivity index is 1.09. The van der Waals surface area contributed by atoms with Crippen molar-refractivity contribution < 1.29 is 4.79 Å². The van der Waals surface area contributed by atoms with Crippen LogP contribution in [0.15, 0.2) is 48.8 Å². The number of aromatic nitrogens is 2. The first kappa shape index (κ1) is 22.8. The minimum atomic E-state index is 0.125. The molecule has 3 aromatic rings. The molecule has 34 heavy (non-hydrogen) atoms. The predicted molar refractivity (Wildman–Crippen MR) is 137 cm³/mol. The average Bonchev–Trinajstić information content (AvgIpc) is 3.31. The first-order valence-corrected chi connectivity index (χ1v) is 12.6. The number of fused-ring (bicyclic) bond motifs is 1. The van der Waals surface area contributed by atoms with E-state index in [9.17, 15) is 4.79 Å². The summed E-state index contributed by atoms with van der Waals surface area (Å²) in [5, 5.41) is 4.34. The van der Waals surface area contributed by atoms with Crippen molar-refractivity contribution in [2.45, 2.75) is 58.0 Å². The van der Waals surface area contributed by atoms with E-state index in [2.05, 4.69) is 75.3 Å². The minimum Gasteiger partial charge on any atom is -0.371 e. The lowest BCUT2D eigenvalue weighted by Gasteiger charge is -2.38. The lowest BCUT2D eigenvalue weighted by atomic mass is 10.0. The topological polar surface area (TPSA) is 61.4 Å². The molecule has 1 amide bonds. The van der Waals surface area contributed by atoms with Crippen molar-refractivity contribution in [3.05, 3.63) is 65.6 Å². The van der Waals surface area contributed by atoms with E-state index < -0.39 is 0 Å². The molecule has 2 fully saturated rings. The summed E-state index contributed by atoms with van der Waals surface area (Å²) in [6.45, 7) is 8.49. The van der Waals surface area contributed by atoms with Gasteiger partial charge in [-0.05, 0) is 69.4 Å². The van der Waals surface area contributed by atoms with Gasteiger partial charge in [-0.15, -0.1) is 0 Å². The summed E-state index contributed by atoms with van der Waals surface area (Å²) in [5.41, 5.74) is 5.74. The van der Waals surface area contributed by atoms with Gasteiger partial charge in [0.05, 0.1) is 11.2 Å². The van der Waals surface area contributed by atoms with Crippen molar-refractivity contribution in [1.29, 1.82) is 0 Å². The number of anilines is 1. The fourth-order valence-electron chi connectivity index (χ4n) is 5.51. The Bertz CT molecular complexity index is 1150. The van der Waals surface area contributed by atoms with Gasteiger partial charge in [0, 0.05) is 55.8 Å². The third-order valence-corrected chi connectivity index (χ3v) is 7.39. The maximum atomic E-state index is 12.7. The highest BCUT2D eigenvalue weighted by molar-refractivity contribution is 5.82. The number of amides is 1. The van der Waals surface area contributed by atoms with Crippen molar-refractivity contribution >= 4 is 22.5 Å². The fraction of sp³-hybridized carbons (Fsp3) is 0.464. The van der Waals surface area contributed by atoms with E-state index >= 15 is 0 Å². The number of nitrogens with one attached hydrogen (secondary N) is 1. The van der Waals surface area contributed by atoms with Crippen LogP contribution in [0.3, 0.4) is 0 Å². The van der Waals surface area contributed by atoms with Crippen LogP contribution < -0.4 is 10.2 Å². The molecule has 0 aliphatic carbocycles. The number of likely N-dealkylation sites (tertiary alicyclic amines) is 1. The summed E-state index contributed by atoms with van der Waals surface area (Å²) in [7, 11) is 0. The number of carbonyl (C=O) groups excluding carboxylic acids is 1. The van der Waals surface area contributed by atoms with E-state index in [0.29, 0.717) is 18.9 Å². The molecule has 178 valence electrons. The Labute approximate surface area is 202 Å². The Hall–Kier alpha value is -2.99. The van der Waals surface area contributed by atoms with Crippen LogP contribution >= 0.6 is 0 Å². The van der Waals surface area contributed by atoms with Gasteiger partial charge in [-0.3, -0.25) is 9.69 Å². The highest BCUT2D eigenvalue weighted by Gasteiger charge is 2.31. The van der Waals surface area contributed by atoms with E-state index in [1.807, 2.05) is 6.07 Å². The second-order valence-electron chi connectivity index (χ2n) is 9.95. The van der Waals surface area contributed by atoms with Crippen LogP contribution in [0.4, 0.5) is 5.69 Å². The summed E-state index contributed by atoms with van der Waals surface area (Å²) >= 11 is 0. The highest BCUT2D eigenvalue weighted by Crippen LogP contribution is 2.26. The van der Waals surface area contributed by atoms with E-state index in [4.69, 9.17) is 0 Å². The molecule has 2 aliphatic rings. The maximum Gasteiger partial charge on any atom is 0.220 e. The summed E-state index contributed by atoms with van der Waals surface area (Å²) in [6, 6.07) is 15.9. The summed E-state index contributed by atoms with van der Waals surface area (Å²) < 4.78 is 0. The normalized spacial score (nSPS) is 19.6. The van der Waals surface area contributed by atoms with Gasteiger partial charge in [-0.1, -0.05) is 23.8 Å². The summed E-state index contributed by atoms with van der Waals surface area (Å²) in [5.74, 6) is 0.125. The summed E-state index contributed by atoms with van der Waals surface area (Å²) in [4.78, 5) is 26.6. The predicted octanol–water partition coefficient (Wildman–Crippen LogP) is 4.04. The minimum absolute atomic E-state index is 0.125. The molecule has 0 radical (unpaired) electrons. The van der Waals surface area contributed by atoms with Gasteiger partial charge >= 0.3 is 0 Å². The number of rotatable bonds is 6. The second kappa shape index (κ2) is 10.1. The molecule has 6 nitrogen and oxygen atoms in total. The summed E-state index contributed by atoms with van der Waals surface area (Å²) in [6.07, 6.45) is 6.13. The first-order chi connectivity index (χ1) is 16.5. The Morgan fingerprint density at radius 3 is 2.65 bits per heavy atom. The van der Waals surface area contributed by atoms with Crippen LogP contribution in [-0.2, 0) is 11.2 Å². The highest BCUT2D eigenvalue weighted by atomic mass is 16.1. The van der Waals surface area contributed by atoms with Gasteiger partial charge in [0.15, 0.2) is 0 Å². The second-order valence-corrected chi connectivity index (χ2v) is 9.95. The average molecular weight is 458 g/mol. The van der Waals surface area contributed by atoms with Gasteiger partial charge in [-0.2, -0.15) is 0 Å². The molecule has 0 bridgehead atoms. The van der Waals surface area contributed by atoms with Gasteiger partial charge in [0.25, 0.3) is 0 Å². The maximum absolute atomic E-state index is 12.7. The molecule has 3 heterocycles. The van der Waals surface area contributed by atoms with E-state index in [1.165, 1.54) is 29.7 Å². The molecular formula is C28H35N5O. The standard InChI is InChI=1S/C28H35N5O/c1-20-4-3-5-24(16-20)32-14-11-23(12-15-32)33-13-10-22(18-33)31-28(34)9-8-27-25-17-21(2)6-7-26(25)29-19-30-27/h3-7,16-17,19,22-23H,8-15,18H2,1-2H3,(H,31,34)/t22-/m1/s1. The Morgan fingerprint density at radius 1 is 1.00 bits per heavy atom. The first-order valence-electron chi connectivity index (χ1n) is 12.6. The van der Waals surface area contributed by atoms with Crippen LogP contribution in [0.2, 0.25) is 0 Å². The number of hydrogen-bond donors (Lipinski definition) is 1. The van der Waals surface area contributed by atoms with E-state index in [1.54, 1.807) is 6.33 Å². The SMILES string of the molecule is Cc1cccc(N2CCC(N3CC[C@@H](NC(=O)CCc4ncnc5ccc(C)cc45)C3)CC2)c1. The van der Waals surface area contributed by atoms with Crippen LogP contribution in [0.1, 0.15) is 42.5 Å². The molecule has 1 N–H and O–H groups in total. The fourth-order valence-corrected chi connectivity index (χ4v) is 5.51. The van der Waals surface area contributed by atoms with Gasteiger partial charge < -0.3 is 10.2 Å². The van der Waals surface area contributed by atoms with Crippen LogP contribution in [0.25, 0.3) is 10.9 Å². The smallest absolute Gasteiger partial charge is 0.220 e. The van der Waals surface area contributed by atoms with Crippen LogP contribution in [0, 0.1) is 13.8 Å². The van der Waals surface area contributed by atoms with E-state index in [0.717, 1.165) is 49.2 Å². The third-order valence-electron chi connectivity index (χ3n) is 7.39. The molecule has 1 aromatic heterocycles. The van der Waals surface area contributed by atoms with Gasteiger partial charge in [0.1, 0.15) is 6.33 Å². The molecule has 5 rings (SSSR count). The number of aryl methyl sites for hydroxylation is 3. The molecule has 0 unspecified atom stereocenters. The number of benzene rings is 2. The molecular weight excluding hydrogens is 422 g/mol. The van der Waals surface area contributed by atoms with Crippen LogP contribution in [-0.4, -0.2) is 59.0 Å². The van der Waals surface area contributed by atoms with Gasteiger partial charge in [0.2, 0.25) is 5.91 Å². The quantitative estimate of drug-likeness (QED) is 0.605. The lowest BCUT2D eigenvalue weighted by molar-refractivity contribution is -0.121. The van der Waals surface area contributed by atoms with Crippen molar-refractivity contribution in [3.63, 3.8) is 0 Å². The zero-order chi connectivity index (χ0) is 23.5.